The van der Waals surface area contributed by atoms with E-state index >= 15 is 4.79 Å². The number of benzene rings is 1. The Morgan fingerprint density at radius 2 is 1.66 bits per heavy atom. The first-order chi connectivity index (χ1) is 17.6. The lowest BCUT2D eigenvalue weighted by molar-refractivity contribution is -0.166. The summed E-state index contributed by atoms with van der Waals surface area (Å²) in [6, 6.07) is 8.74. The van der Waals surface area contributed by atoms with E-state index in [4.69, 9.17) is 4.74 Å². The van der Waals surface area contributed by atoms with Crippen molar-refractivity contribution >= 4 is 17.3 Å². The second-order valence-electron chi connectivity index (χ2n) is 13.1. The Hall–Kier alpha value is -2.79. The van der Waals surface area contributed by atoms with Gasteiger partial charge in [0.15, 0.2) is 22.8 Å². The molecule has 5 nitrogen and oxygen atoms in total. The topological polar surface area (TPSA) is 80.7 Å². The van der Waals surface area contributed by atoms with Crippen molar-refractivity contribution in [3.8, 4) is 0 Å². The van der Waals surface area contributed by atoms with Crippen molar-refractivity contribution in [1.29, 1.82) is 0 Å². The minimum atomic E-state index is -1.88. The molecule has 1 saturated carbocycles. The predicted octanol–water partition coefficient (Wildman–Crippen LogP) is 6.57. The first-order valence-electron chi connectivity index (χ1n) is 13.7. The van der Waals surface area contributed by atoms with Crippen LogP contribution in [0.2, 0.25) is 0 Å². The normalized spacial score (nSPS) is 29.9. The van der Waals surface area contributed by atoms with Crippen LogP contribution in [0.25, 0.3) is 0 Å². The van der Waals surface area contributed by atoms with Gasteiger partial charge in [-0.3, -0.25) is 14.4 Å². The Morgan fingerprint density at radius 1 is 1.05 bits per heavy atom. The zero-order valence-electron chi connectivity index (χ0n) is 24.1. The standard InChI is InChI=1S/C33H42O5/c1-20(2)14-15-23-19-32(17-16-21(3)4)28-24(18-25(38-28)31(7,8)37)27(35)33(29(32)36,30(23,5)6)26(34)22-12-10-9-11-13-22/h9-14,16,23,25,37H,15,17-19H2,1-8H3/t23-,25-,32-,33+/m0/s1. The van der Waals surface area contributed by atoms with E-state index in [-0.39, 0.29) is 18.1 Å². The lowest BCUT2D eigenvalue weighted by atomic mass is 9.39. The van der Waals surface area contributed by atoms with Gasteiger partial charge in [-0.15, -0.1) is 0 Å². The molecule has 1 N–H and O–H groups in total. The van der Waals surface area contributed by atoms with Gasteiger partial charge in [0, 0.05) is 17.6 Å². The Morgan fingerprint density at radius 3 is 2.21 bits per heavy atom. The number of ether oxygens (including phenoxy) is 1. The van der Waals surface area contributed by atoms with Crippen molar-refractivity contribution in [3.63, 3.8) is 0 Å². The van der Waals surface area contributed by atoms with Crippen molar-refractivity contribution in [2.24, 2.45) is 22.2 Å². The number of aliphatic hydroxyl groups is 1. The summed E-state index contributed by atoms with van der Waals surface area (Å²) in [5.74, 6) is -0.977. The number of hydrogen-bond acceptors (Lipinski definition) is 5. The summed E-state index contributed by atoms with van der Waals surface area (Å²) in [6.45, 7) is 15.2. The number of ketones is 3. The molecule has 0 spiro atoms. The quantitative estimate of drug-likeness (QED) is 0.251. The molecule has 4 rings (SSSR count). The second-order valence-corrected chi connectivity index (χ2v) is 13.1. The van der Waals surface area contributed by atoms with Gasteiger partial charge in [-0.05, 0) is 72.1 Å². The van der Waals surface area contributed by atoms with Crippen LogP contribution in [0.1, 0.15) is 91.4 Å². The first kappa shape index (κ1) is 28.2. The van der Waals surface area contributed by atoms with E-state index in [1.54, 1.807) is 38.1 Å². The molecule has 0 aromatic heterocycles. The molecule has 1 heterocycles. The van der Waals surface area contributed by atoms with Gasteiger partial charge in [0.2, 0.25) is 0 Å². The van der Waals surface area contributed by atoms with E-state index in [0.717, 1.165) is 11.1 Å². The SMILES string of the molecule is CC(C)=CC[C@H]1C[C@]2(CC=C(C)C)C(=O)[C@@](C(=O)c3ccccc3)(C(=O)C3=C2O[C@H](C(C)(C)O)C3)C1(C)C. The molecular formula is C33H42O5. The summed E-state index contributed by atoms with van der Waals surface area (Å²) in [5, 5.41) is 10.9. The van der Waals surface area contributed by atoms with Crippen LogP contribution in [0.15, 0.2) is 65.0 Å². The van der Waals surface area contributed by atoms with Crippen LogP contribution >= 0.6 is 0 Å². The van der Waals surface area contributed by atoms with Gasteiger partial charge in [-0.25, -0.2) is 0 Å². The number of carbonyl (C=O) groups is 3. The molecule has 204 valence electrons. The number of carbonyl (C=O) groups excluding carboxylic acids is 3. The summed E-state index contributed by atoms with van der Waals surface area (Å²) in [6.07, 6.45) is 5.14. The van der Waals surface area contributed by atoms with Gasteiger partial charge in [0.05, 0.1) is 11.0 Å². The summed E-state index contributed by atoms with van der Waals surface area (Å²) < 4.78 is 6.40. The van der Waals surface area contributed by atoms with Gasteiger partial charge in [-0.2, -0.15) is 0 Å². The fourth-order valence-corrected chi connectivity index (χ4v) is 6.78. The maximum atomic E-state index is 15.0. The van der Waals surface area contributed by atoms with Crippen LogP contribution in [-0.4, -0.2) is 34.2 Å². The Kier molecular flexibility index (Phi) is 7.01. The highest BCUT2D eigenvalue weighted by atomic mass is 16.5. The van der Waals surface area contributed by atoms with Crippen LogP contribution < -0.4 is 0 Å². The molecule has 0 unspecified atom stereocenters. The smallest absolute Gasteiger partial charge is 0.184 e. The molecule has 1 aliphatic heterocycles. The lowest BCUT2D eigenvalue weighted by Crippen LogP contribution is -2.69. The van der Waals surface area contributed by atoms with E-state index in [0.29, 0.717) is 36.2 Å². The molecule has 4 atom stereocenters. The maximum Gasteiger partial charge on any atom is 0.184 e. The lowest BCUT2D eigenvalue weighted by Gasteiger charge is -2.59. The molecule has 1 aromatic rings. The molecule has 38 heavy (non-hydrogen) atoms. The van der Waals surface area contributed by atoms with E-state index in [9.17, 15) is 14.7 Å². The Balaban J connectivity index is 2.06. The van der Waals surface area contributed by atoms with Crippen LogP contribution in [-0.2, 0) is 14.3 Å². The number of rotatable bonds is 7. The summed E-state index contributed by atoms with van der Waals surface area (Å²) in [5.41, 5.74) is -2.23. The van der Waals surface area contributed by atoms with Crippen molar-refractivity contribution < 1.29 is 24.2 Å². The highest BCUT2D eigenvalue weighted by Crippen LogP contribution is 2.67. The third kappa shape index (κ3) is 4.05. The zero-order chi connectivity index (χ0) is 28.3. The molecule has 0 radical (unpaired) electrons. The van der Waals surface area contributed by atoms with Gasteiger partial charge in [0.1, 0.15) is 11.9 Å². The minimum Gasteiger partial charge on any atom is -0.490 e. The fraction of sp³-hybridized carbons (Fsp3) is 0.545. The van der Waals surface area contributed by atoms with Crippen molar-refractivity contribution in [1.82, 2.24) is 0 Å². The first-order valence-corrected chi connectivity index (χ1v) is 13.7. The van der Waals surface area contributed by atoms with Crippen molar-refractivity contribution in [2.45, 2.75) is 92.8 Å². The summed E-state index contributed by atoms with van der Waals surface area (Å²) in [4.78, 5) is 44.4. The van der Waals surface area contributed by atoms with E-state index in [1.165, 1.54) is 0 Å². The van der Waals surface area contributed by atoms with Crippen LogP contribution in [0.4, 0.5) is 0 Å². The number of hydrogen-bond donors (Lipinski definition) is 1. The Labute approximate surface area is 227 Å². The fourth-order valence-electron chi connectivity index (χ4n) is 6.78. The van der Waals surface area contributed by atoms with Gasteiger partial charge in [0.25, 0.3) is 0 Å². The number of allylic oxidation sites excluding steroid dienone is 5. The molecule has 0 amide bonds. The van der Waals surface area contributed by atoms with E-state index in [1.807, 2.05) is 53.7 Å². The highest BCUT2D eigenvalue weighted by molar-refractivity contribution is 6.36. The molecule has 5 heteroatoms. The molecule has 2 aliphatic carbocycles. The molecule has 1 fully saturated rings. The van der Waals surface area contributed by atoms with E-state index < -0.39 is 39.5 Å². The van der Waals surface area contributed by atoms with Crippen LogP contribution in [0.3, 0.4) is 0 Å². The van der Waals surface area contributed by atoms with Gasteiger partial charge >= 0.3 is 0 Å². The second kappa shape index (κ2) is 9.44. The molecule has 0 saturated heterocycles. The van der Waals surface area contributed by atoms with Crippen molar-refractivity contribution in [2.75, 3.05) is 0 Å². The summed E-state index contributed by atoms with van der Waals surface area (Å²) >= 11 is 0. The predicted molar refractivity (Wildman–Crippen MR) is 148 cm³/mol. The monoisotopic (exact) mass is 518 g/mol. The average molecular weight is 519 g/mol. The molecule has 1 aromatic carbocycles. The number of fused-ring (bicyclic) bond motifs is 3. The summed E-state index contributed by atoms with van der Waals surface area (Å²) in [7, 11) is 0. The molecule has 3 aliphatic rings. The largest absolute Gasteiger partial charge is 0.490 e. The van der Waals surface area contributed by atoms with E-state index in [2.05, 4.69) is 6.08 Å². The van der Waals surface area contributed by atoms with Crippen molar-refractivity contribution in [3.05, 3.63) is 70.5 Å². The Bertz CT molecular complexity index is 1250. The maximum absolute atomic E-state index is 15.0. The molecular weight excluding hydrogens is 476 g/mol. The third-order valence-electron chi connectivity index (χ3n) is 9.16. The van der Waals surface area contributed by atoms with Gasteiger partial charge in [-0.1, -0.05) is 67.5 Å². The highest BCUT2D eigenvalue weighted by Gasteiger charge is 2.76. The van der Waals surface area contributed by atoms with Gasteiger partial charge < -0.3 is 9.84 Å². The third-order valence-corrected chi connectivity index (χ3v) is 9.16. The van der Waals surface area contributed by atoms with Crippen LogP contribution in [0, 0.1) is 22.2 Å². The number of Topliss-reactive ketones (excluding diaryl/α,β-unsaturated/α-hetero) is 3. The molecule has 2 bridgehead atoms. The average Bonchev–Trinajstić information content (AvgIpc) is 3.30. The minimum absolute atomic E-state index is 0.129. The van der Waals surface area contributed by atoms with Crippen LogP contribution in [0.5, 0.6) is 0 Å². The zero-order valence-corrected chi connectivity index (χ0v) is 24.1.